The second-order valence-electron chi connectivity index (χ2n) is 4.32. The summed E-state index contributed by atoms with van der Waals surface area (Å²) in [4.78, 5) is 28.1. The van der Waals surface area contributed by atoms with Crippen LogP contribution in [0.1, 0.15) is 11.3 Å². The number of rotatable bonds is 5. The Labute approximate surface area is 131 Å². The summed E-state index contributed by atoms with van der Waals surface area (Å²) < 4.78 is 5.34. The van der Waals surface area contributed by atoms with Crippen LogP contribution in [-0.4, -0.2) is 29.2 Å². The first-order valence-corrected chi connectivity index (χ1v) is 6.77. The number of amides is 1. The monoisotopic (exact) mass is 318 g/mol. The quantitative estimate of drug-likeness (QED) is 0.437. The van der Waals surface area contributed by atoms with Crippen molar-refractivity contribution >= 4 is 24.3 Å². The van der Waals surface area contributed by atoms with Crippen LogP contribution in [0.2, 0.25) is 0 Å². The third-order valence-corrected chi connectivity index (χ3v) is 2.90. The van der Waals surface area contributed by atoms with Crippen molar-refractivity contribution in [2.24, 2.45) is 5.10 Å². The van der Waals surface area contributed by atoms with Gasteiger partial charge >= 0.3 is 0 Å². The van der Waals surface area contributed by atoms with Gasteiger partial charge in [0.25, 0.3) is 5.56 Å². The van der Waals surface area contributed by atoms with Crippen molar-refractivity contribution in [3.05, 3.63) is 56.7 Å². The summed E-state index contributed by atoms with van der Waals surface area (Å²) in [6.45, 7) is 0. The SMILES string of the molecule is COc1ccccc1/C=N\NC(=O)Cc1cc(=O)[nH]c(=S)[nH]1. The zero-order valence-electron chi connectivity index (χ0n) is 11.8. The first kappa shape index (κ1) is 15.6. The van der Waals surface area contributed by atoms with Crippen LogP contribution in [0.5, 0.6) is 5.75 Å². The van der Waals surface area contributed by atoms with Crippen molar-refractivity contribution in [3.8, 4) is 5.75 Å². The number of methoxy groups -OCH3 is 1. The van der Waals surface area contributed by atoms with Gasteiger partial charge in [0.15, 0.2) is 4.77 Å². The van der Waals surface area contributed by atoms with Crippen molar-refractivity contribution in [2.75, 3.05) is 7.11 Å². The maximum absolute atomic E-state index is 11.8. The van der Waals surface area contributed by atoms with E-state index in [9.17, 15) is 9.59 Å². The molecule has 0 aliphatic heterocycles. The molecule has 0 saturated carbocycles. The first-order chi connectivity index (χ1) is 10.6. The fourth-order valence-electron chi connectivity index (χ4n) is 1.77. The third kappa shape index (κ3) is 4.38. The second-order valence-corrected chi connectivity index (χ2v) is 4.73. The normalized spacial score (nSPS) is 10.6. The number of nitrogens with zero attached hydrogens (tertiary/aromatic N) is 1. The Morgan fingerprint density at radius 3 is 2.91 bits per heavy atom. The number of aromatic nitrogens is 2. The zero-order valence-corrected chi connectivity index (χ0v) is 12.6. The van der Waals surface area contributed by atoms with E-state index in [2.05, 4.69) is 20.5 Å². The van der Waals surface area contributed by atoms with E-state index in [4.69, 9.17) is 17.0 Å². The third-order valence-electron chi connectivity index (χ3n) is 2.70. The molecule has 3 N–H and O–H groups in total. The molecule has 1 aromatic heterocycles. The molecule has 0 aliphatic rings. The fraction of sp³-hybridized carbons (Fsp3) is 0.143. The number of hydrogen-bond acceptors (Lipinski definition) is 5. The van der Waals surface area contributed by atoms with E-state index >= 15 is 0 Å². The van der Waals surface area contributed by atoms with E-state index in [1.165, 1.54) is 12.3 Å². The minimum Gasteiger partial charge on any atom is -0.496 e. The van der Waals surface area contributed by atoms with Crippen LogP contribution in [0, 0.1) is 4.77 Å². The molecule has 0 saturated heterocycles. The van der Waals surface area contributed by atoms with Gasteiger partial charge in [0.2, 0.25) is 5.91 Å². The Balaban J connectivity index is 1.99. The van der Waals surface area contributed by atoms with Gasteiger partial charge < -0.3 is 9.72 Å². The minimum atomic E-state index is -0.373. The molecule has 7 nitrogen and oxygen atoms in total. The number of nitrogens with one attached hydrogen (secondary N) is 3. The molecule has 0 fully saturated rings. The lowest BCUT2D eigenvalue weighted by molar-refractivity contribution is -0.120. The molecule has 0 spiro atoms. The highest BCUT2D eigenvalue weighted by Crippen LogP contribution is 2.14. The number of carbonyl (C=O) groups is 1. The summed E-state index contributed by atoms with van der Waals surface area (Å²) in [5.74, 6) is 0.279. The largest absolute Gasteiger partial charge is 0.496 e. The molecule has 0 aliphatic carbocycles. The smallest absolute Gasteiger partial charge is 0.251 e. The molecule has 0 bridgehead atoms. The van der Waals surface area contributed by atoms with E-state index in [0.29, 0.717) is 11.4 Å². The molecule has 2 aromatic rings. The van der Waals surface area contributed by atoms with Crippen LogP contribution in [0.15, 0.2) is 40.2 Å². The van der Waals surface area contributed by atoms with E-state index in [0.717, 1.165) is 5.56 Å². The van der Waals surface area contributed by atoms with E-state index < -0.39 is 0 Å². The molecule has 1 heterocycles. The molecular weight excluding hydrogens is 304 g/mol. The lowest BCUT2D eigenvalue weighted by Gasteiger charge is -2.03. The molecular formula is C14H14N4O3S. The predicted octanol–water partition coefficient (Wildman–Crippen LogP) is 1.13. The molecule has 0 radical (unpaired) electrons. The Hall–Kier alpha value is -2.74. The molecule has 114 valence electrons. The molecule has 1 aromatic carbocycles. The zero-order chi connectivity index (χ0) is 15.9. The molecule has 0 atom stereocenters. The van der Waals surface area contributed by atoms with Crippen molar-refractivity contribution in [1.29, 1.82) is 0 Å². The number of hydrazone groups is 1. The Morgan fingerprint density at radius 1 is 1.41 bits per heavy atom. The highest BCUT2D eigenvalue weighted by atomic mass is 32.1. The summed E-state index contributed by atoms with van der Waals surface area (Å²) in [5, 5.41) is 3.86. The summed E-state index contributed by atoms with van der Waals surface area (Å²) in [6, 6.07) is 8.55. The van der Waals surface area contributed by atoms with E-state index in [1.54, 1.807) is 13.2 Å². The van der Waals surface area contributed by atoms with Gasteiger partial charge in [-0.15, -0.1) is 0 Å². The van der Waals surface area contributed by atoms with Crippen LogP contribution < -0.4 is 15.7 Å². The van der Waals surface area contributed by atoms with Crippen LogP contribution in [0.25, 0.3) is 0 Å². The lowest BCUT2D eigenvalue weighted by Crippen LogP contribution is -2.21. The van der Waals surface area contributed by atoms with E-state index in [-0.39, 0.29) is 22.7 Å². The summed E-state index contributed by atoms with van der Waals surface area (Å²) in [6.07, 6.45) is 1.45. The lowest BCUT2D eigenvalue weighted by atomic mass is 10.2. The van der Waals surface area contributed by atoms with Gasteiger partial charge in [-0.1, -0.05) is 12.1 Å². The van der Waals surface area contributed by atoms with Crippen LogP contribution in [0.3, 0.4) is 0 Å². The number of hydrogen-bond donors (Lipinski definition) is 3. The van der Waals surface area contributed by atoms with E-state index in [1.807, 2.05) is 18.2 Å². The van der Waals surface area contributed by atoms with Crippen molar-refractivity contribution in [3.63, 3.8) is 0 Å². The van der Waals surface area contributed by atoms with Gasteiger partial charge in [-0.05, 0) is 24.4 Å². The van der Waals surface area contributed by atoms with Gasteiger partial charge in [0.1, 0.15) is 5.75 Å². The summed E-state index contributed by atoms with van der Waals surface area (Å²) >= 11 is 4.83. The number of para-hydroxylation sites is 1. The standard InChI is InChI=1S/C14H14N4O3S/c1-21-11-5-3-2-4-9(11)8-15-18-13(20)7-10-6-12(19)17-14(22)16-10/h2-6,8H,7H2,1H3,(H,18,20)(H2,16,17,19,22)/b15-8-. The Kier molecular flexibility index (Phi) is 5.21. The Morgan fingerprint density at radius 2 is 2.18 bits per heavy atom. The van der Waals surface area contributed by atoms with Crippen molar-refractivity contribution in [2.45, 2.75) is 6.42 Å². The van der Waals surface area contributed by atoms with Crippen LogP contribution in [0.4, 0.5) is 0 Å². The first-order valence-electron chi connectivity index (χ1n) is 6.36. The van der Waals surface area contributed by atoms with Crippen LogP contribution >= 0.6 is 12.2 Å². The number of carbonyl (C=O) groups excluding carboxylic acids is 1. The minimum absolute atomic E-state index is 0.0309. The van der Waals surface area contributed by atoms with Gasteiger partial charge in [-0.2, -0.15) is 5.10 Å². The number of ether oxygens (including phenoxy) is 1. The van der Waals surface area contributed by atoms with Gasteiger partial charge in [-0.25, -0.2) is 5.43 Å². The van der Waals surface area contributed by atoms with Crippen molar-refractivity contribution < 1.29 is 9.53 Å². The molecule has 8 heteroatoms. The highest BCUT2D eigenvalue weighted by molar-refractivity contribution is 7.71. The van der Waals surface area contributed by atoms with Crippen LogP contribution in [-0.2, 0) is 11.2 Å². The number of aromatic amines is 2. The van der Waals surface area contributed by atoms with Gasteiger partial charge in [0.05, 0.1) is 19.7 Å². The Bertz CT molecular complexity index is 782. The highest BCUT2D eigenvalue weighted by Gasteiger charge is 2.04. The molecule has 0 unspecified atom stereocenters. The maximum atomic E-state index is 11.8. The van der Waals surface area contributed by atoms with Gasteiger partial charge in [0, 0.05) is 17.3 Å². The topological polar surface area (TPSA) is 99.3 Å². The molecule has 22 heavy (non-hydrogen) atoms. The maximum Gasteiger partial charge on any atom is 0.251 e. The van der Waals surface area contributed by atoms with Gasteiger partial charge in [-0.3, -0.25) is 14.6 Å². The van der Waals surface area contributed by atoms with Crippen molar-refractivity contribution in [1.82, 2.24) is 15.4 Å². The molecule has 1 amide bonds. The average Bonchev–Trinajstić information content (AvgIpc) is 2.46. The predicted molar refractivity (Wildman–Crippen MR) is 84.7 cm³/mol. The summed E-state index contributed by atoms with van der Waals surface area (Å²) in [7, 11) is 1.56. The summed E-state index contributed by atoms with van der Waals surface area (Å²) in [5.41, 5.74) is 3.17. The average molecular weight is 318 g/mol. The molecule has 2 rings (SSSR count). The fourth-order valence-corrected chi connectivity index (χ4v) is 2.01. The number of H-pyrrole nitrogens is 2. The number of benzene rings is 1. The second kappa shape index (κ2) is 7.32.